The van der Waals surface area contributed by atoms with Gasteiger partial charge in [0, 0.05) is 29.0 Å². The van der Waals surface area contributed by atoms with Crippen LogP contribution in [0.25, 0.3) is 17.0 Å². The second kappa shape index (κ2) is 16.3. The third-order valence-electron chi connectivity index (χ3n) is 12.7. The SMILES string of the molecule is CCOc1cc2c3cc(c(OC)cc3n1)/C=C/C[C@@H]1CCCC[C@H]1OC(=O)N[C@@H](C(C)(C)C)C(=O)C1C[C@@H](C[C@H]1C(=O)N[C@]1(C(=O)NS(=O)(=O)C3CC3)C[C@H]1CC)O2. The first-order valence-electron chi connectivity index (χ1n) is 20.9. The molecule has 4 fully saturated rings. The number of nitrogens with one attached hydrogen (secondary N) is 3. The topological polar surface area (TPSA) is 188 Å². The highest BCUT2D eigenvalue weighted by molar-refractivity contribution is 7.91. The molecule has 0 spiro atoms. The molecule has 3 amide bonds. The summed E-state index contributed by atoms with van der Waals surface area (Å²) in [4.78, 5) is 61.6. The Kier molecular flexibility index (Phi) is 11.8. The Balaban J connectivity index is 1.28. The van der Waals surface area contributed by atoms with E-state index in [-0.39, 0.29) is 43.0 Å². The summed E-state index contributed by atoms with van der Waals surface area (Å²) in [5.41, 5.74) is -0.818. The number of hydrogen-bond acceptors (Lipinski definition) is 11. The van der Waals surface area contributed by atoms with Crippen LogP contribution < -0.4 is 29.6 Å². The summed E-state index contributed by atoms with van der Waals surface area (Å²) in [6.07, 6.45) is 8.58. The number of pyridine rings is 1. The van der Waals surface area contributed by atoms with E-state index < -0.39 is 68.1 Å². The van der Waals surface area contributed by atoms with Gasteiger partial charge in [-0.25, -0.2) is 18.2 Å². The number of fused-ring (bicyclic) bond motifs is 4. The Bertz CT molecular complexity index is 2080. The molecule has 2 heterocycles. The molecule has 0 saturated heterocycles. The van der Waals surface area contributed by atoms with Crippen molar-refractivity contribution in [2.75, 3.05) is 13.7 Å². The zero-order valence-electron chi connectivity index (χ0n) is 34.4. The van der Waals surface area contributed by atoms with Crippen LogP contribution in [0.15, 0.2) is 24.3 Å². The number of hydrogen-bond donors (Lipinski definition) is 3. The summed E-state index contributed by atoms with van der Waals surface area (Å²) in [5, 5.41) is 5.92. The van der Waals surface area contributed by atoms with Gasteiger partial charge in [0.25, 0.3) is 5.91 Å². The number of Topliss-reactive ketones (excluding diaryl/α,β-unsaturated/α-hetero) is 1. The van der Waals surface area contributed by atoms with Gasteiger partial charge in [-0.1, -0.05) is 52.7 Å². The van der Waals surface area contributed by atoms with Gasteiger partial charge in [-0.3, -0.25) is 19.1 Å². The van der Waals surface area contributed by atoms with Crippen molar-refractivity contribution >= 4 is 50.7 Å². The van der Waals surface area contributed by atoms with E-state index in [1.807, 2.05) is 52.8 Å². The standard InChI is InChI=1S/C43H58N4O10S/c1-7-26-23-43(26,40(50)47-58(52,53)28-16-17-28)46-39(49)30-20-27-19-29(30)37(48)38(42(3,4)5)45-41(51)57-33-15-10-9-12-24(33)13-11-14-25-18-31-32(21-34(25)54-6)44-36(55-8-2)22-35(31)56-27/h11,14,18,21-22,24,26-30,33,38H,7-10,12-13,15-17,19-20,23H2,1-6H3,(H,45,51)(H,46,49)(H,47,50)/b14-11+/t24-,26+,27-,29?,30+,33+,38+,43+/m0/s1. The summed E-state index contributed by atoms with van der Waals surface area (Å²) in [7, 11) is -2.28. The maximum atomic E-state index is 14.9. The molecule has 1 aliphatic heterocycles. The number of allylic oxidation sites excluding steroid dienone is 1. The first-order chi connectivity index (χ1) is 27.6. The maximum Gasteiger partial charge on any atom is 0.408 e. The highest BCUT2D eigenvalue weighted by Crippen LogP contribution is 2.48. The van der Waals surface area contributed by atoms with E-state index in [0.29, 0.717) is 67.0 Å². The molecule has 4 bridgehead atoms. The molecule has 14 nitrogen and oxygen atoms in total. The van der Waals surface area contributed by atoms with E-state index in [0.717, 1.165) is 24.8 Å². The first-order valence-corrected chi connectivity index (χ1v) is 22.5. The predicted molar refractivity (Wildman–Crippen MR) is 217 cm³/mol. The number of rotatable bonds is 9. The van der Waals surface area contributed by atoms with E-state index >= 15 is 0 Å². The van der Waals surface area contributed by atoms with E-state index in [1.165, 1.54) is 0 Å². The Hall–Kier alpha value is -4.40. The zero-order valence-corrected chi connectivity index (χ0v) is 35.2. The number of aromatic nitrogens is 1. The average molecular weight is 823 g/mol. The van der Waals surface area contributed by atoms with Gasteiger partial charge in [0.1, 0.15) is 29.2 Å². The summed E-state index contributed by atoms with van der Waals surface area (Å²) in [5.74, 6) is -2.35. The summed E-state index contributed by atoms with van der Waals surface area (Å²) in [6.45, 7) is 9.67. The number of methoxy groups -OCH3 is 1. The van der Waals surface area contributed by atoms with Gasteiger partial charge in [0.05, 0.1) is 36.4 Å². The number of benzene rings is 1. The van der Waals surface area contributed by atoms with Crippen molar-refractivity contribution in [1.82, 2.24) is 20.3 Å². The lowest BCUT2D eigenvalue weighted by Crippen LogP contribution is -2.56. The molecule has 4 saturated carbocycles. The minimum atomic E-state index is -3.87. The van der Waals surface area contributed by atoms with Crippen LogP contribution in [0, 0.1) is 29.1 Å². The molecule has 8 atom stereocenters. The van der Waals surface area contributed by atoms with E-state index in [9.17, 15) is 27.6 Å². The molecule has 15 heteroatoms. The molecule has 1 unspecified atom stereocenters. The third kappa shape index (κ3) is 8.65. The third-order valence-corrected chi connectivity index (χ3v) is 14.5. The highest BCUT2D eigenvalue weighted by Gasteiger charge is 2.62. The normalized spacial score (nSPS) is 30.8. The molecule has 1 aromatic heterocycles. The van der Waals surface area contributed by atoms with Crippen molar-refractivity contribution in [3.05, 3.63) is 29.8 Å². The van der Waals surface area contributed by atoms with Crippen LogP contribution in [0.4, 0.5) is 4.79 Å². The van der Waals surface area contributed by atoms with Crippen LogP contribution in [0.5, 0.6) is 17.4 Å². The summed E-state index contributed by atoms with van der Waals surface area (Å²) in [6, 6.07) is 4.47. The van der Waals surface area contributed by atoms with Gasteiger partial charge in [-0.2, -0.15) is 0 Å². The fourth-order valence-electron chi connectivity index (χ4n) is 9.21. The van der Waals surface area contributed by atoms with Gasteiger partial charge >= 0.3 is 6.09 Å². The fraction of sp³-hybridized carbons (Fsp3) is 0.651. The quantitative estimate of drug-likeness (QED) is 0.269. The second-order valence-electron chi connectivity index (χ2n) is 17.8. The predicted octanol–water partition coefficient (Wildman–Crippen LogP) is 5.99. The number of ketones is 1. The molecule has 1 aromatic carbocycles. The van der Waals surface area contributed by atoms with Gasteiger partial charge < -0.3 is 29.6 Å². The fourth-order valence-corrected chi connectivity index (χ4v) is 10.6. The molecular weight excluding hydrogens is 765 g/mol. The number of nitrogens with zero attached hydrogens (tertiary/aromatic N) is 1. The summed E-state index contributed by atoms with van der Waals surface area (Å²) < 4.78 is 52.4. The van der Waals surface area contributed by atoms with Crippen LogP contribution in [0.2, 0.25) is 0 Å². The van der Waals surface area contributed by atoms with Gasteiger partial charge in [0.2, 0.25) is 21.8 Å². The zero-order chi connectivity index (χ0) is 41.6. The Labute approximate surface area is 341 Å². The van der Waals surface area contributed by atoms with Crippen LogP contribution in [0.3, 0.4) is 0 Å². The molecule has 316 valence electrons. The molecular formula is C43H58N4O10S. The van der Waals surface area contributed by atoms with Crippen molar-refractivity contribution in [1.29, 1.82) is 0 Å². The second-order valence-corrected chi connectivity index (χ2v) is 19.8. The van der Waals surface area contributed by atoms with Crippen LogP contribution in [-0.2, 0) is 29.1 Å². The molecule has 0 radical (unpaired) electrons. The number of alkyl carbamates (subject to hydrolysis) is 1. The van der Waals surface area contributed by atoms with Gasteiger partial charge in [-0.05, 0) is 88.0 Å². The largest absolute Gasteiger partial charge is 0.496 e. The maximum absolute atomic E-state index is 14.9. The lowest BCUT2D eigenvalue weighted by atomic mass is 9.77. The van der Waals surface area contributed by atoms with Crippen molar-refractivity contribution in [2.45, 2.75) is 134 Å². The number of carbonyl (C=O) groups is 4. The van der Waals surface area contributed by atoms with Gasteiger partial charge in [0.15, 0.2) is 5.78 Å². The summed E-state index contributed by atoms with van der Waals surface area (Å²) >= 11 is 0. The number of carbonyl (C=O) groups excluding carboxylic acids is 4. The smallest absolute Gasteiger partial charge is 0.408 e. The molecule has 4 aliphatic carbocycles. The average Bonchev–Trinajstić information content (AvgIpc) is 4.10. The lowest BCUT2D eigenvalue weighted by molar-refractivity contribution is -0.137. The van der Waals surface area contributed by atoms with E-state index in [2.05, 4.69) is 21.4 Å². The van der Waals surface area contributed by atoms with Crippen molar-refractivity contribution in [3.8, 4) is 17.4 Å². The highest BCUT2D eigenvalue weighted by atomic mass is 32.2. The number of amides is 3. The minimum absolute atomic E-state index is 0.0704. The van der Waals surface area contributed by atoms with Crippen LogP contribution >= 0.6 is 0 Å². The van der Waals surface area contributed by atoms with Crippen molar-refractivity contribution in [2.24, 2.45) is 29.1 Å². The van der Waals surface area contributed by atoms with Crippen LogP contribution in [-0.4, -0.2) is 79.8 Å². The molecule has 5 aliphatic rings. The minimum Gasteiger partial charge on any atom is -0.496 e. The van der Waals surface area contributed by atoms with Crippen LogP contribution in [0.1, 0.15) is 111 Å². The van der Waals surface area contributed by atoms with Crippen molar-refractivity contribution in [3.63, 3.8) is 0 Å². The number of ether oxygens (including phenoxy) is 4. The monoisotopic (exact) mass is 822 g/mol. The van der Waals surface area contributed by atoms with E-state index in [4.69, 9.17) is 23.9 Å². The molecule has 3 N–H and O–H groups in total. The van der Waals surface area contributed by atoms with E-state index in [1.54, 1.807) is 13.2 Å². The Morgan fingerprint density at radius 1 is 1.03 bits per heavy atom. The first kappa shape index (κ1) is 41.7. The van der Waals surface area contributed by atoms with Crippen molar-refractivity contribution < 1.29 is 46.5 Å². The Morgan fingerprint density at radius 3 is 2.47 bits per heavy atom. The molecule has 2 aromatic rings. The lowest BCUT2D eigenvalue weighted by Gasteiger charge is -2.35. The molecule has 58 heavy (non-hydrogen) atoms. The number of sulfonamides is 1. The molecule has 7 rings (SSSR count). The Morgan fingerprint density at radius 2 is 1.79 bits per heavy atom. The van der Waals surface area contributed by atoms with Gasteiger partial charge in [-0.15, -0.1) is 0 Å².